The van der Waals surface area contributed by atoms with Gasteiger partial charge in [-0.05, 0) is 80.7 Å². The Morgan fingerprint density at radius 2 is 1.87 bits per heavy atom. The van der Waals surface area contributed by atoms with E-state index in [0.29, 0.717) is 18.4 Å². The van der Waals surface area contributed by atoms with E-state index in [4.69, 9.17) is 19.4 Å². The topological polar surface area (TPSA) is 89.1 Å². The molecule has 1 N–H and O–H groups in total. The fourth-order valence-corrected chi connectivity index (χ4v) is 5.71. The lowest BCUT2D eigenvalue weighted by Crippen LogP contribution is -2.34. The van der Waals surface area contributed by atoms with Crippen LogP contribution in [0.3, 0.4) is 0 Å². The van der Waals surface area contributed by atoms with Crippen molar-refractivity contribution in [3.63, 3.8) is 0 Å². The summed E-state index contributed by atoms with van der Waals surface area (Å²) >= 11 is 0. The van der Waals surface area contributed by atoms with E-state index in [-0.39, 0.29) is 0 Å². The minimum atomic E-state index is 0.391. The molecule has 8 nitrogen and oxygen atoms in total. The van der Waals surface area contributed by atoms with Crippen LogP contribution in [-0.4, -0.2) is 51.7 Å². The van der Waals surface area contributed by atoms with E-state index < -0.39 is 0 Å². The third-order valence-electron chi connectivity index (χ3n) is 7.77. The van der Waals surface area contributed by atoms with Crippen LogP contribution in [0.1, 0.15) is 59.6 Å². The standard InChI is InChI=1S/C31H34N6O2/c1-5-39-27-7-6-23(14-19(27)2)29-20(3)35-30(36-29)21-9-12-37(13-10-21)31-25-15-24(16-26(25)33-18-34-31)22-8-11-32-28(17-22)38-4/h6-8,11,14-15,17-18,21H,5,9-10,12-13,16H2,1-4H3,(H,35,36). The maximum Gasteiger partial charge on any atom is 0.213 e. The number of ether oxygens (including phenoxy) is 2. The SMILES string of the molecule is CCOc1ccc(-c2nc(C3CCN(c4ncnc5c4C=C(c4ccnc(OC)c4)C5)CC3)[nH]c2C)cc1C. The van der Waals surface area contributed by atoms with Crippen LogP contribution in [0.4, 0.5) is 5.82 Å². The number of aromatic nitrogens is 5. The second-order valence-electron chi connectivity index (χ2n) is 10.3. The van der Waals surface area contributed by atoms with Gasteiger partial charge in [0.05, 0.1) is 25.1 Å². The number of rotatable bonds is 7. The molecule has 1 saturated heterocycles. The van der Waals surface area contributed by atoms with E-state index in [9.17, 15) is 0 Å². The number of hydrogen-bond donors (Lipinski definition) is 1. The molecule has 6 rings (SSSR count). The smallest absolute Gasteiger partial charge is 0.213 e. The molecule has 8 heteroatoms. The Morgan fingerprint density at radius 1 is 1.03 bits per heavy atom. The molecule has 0 atom stereocenters. The Kier molecular flexibility index (Phi) is 6.77. The van der Waals surface area contributed by atoms with Crippen LogP contribution in [-0.2, 0) is 6.42 Å². The number of pyridine rings is 1. The van der Waals surface area contributed by atoms with Crippen molar-refractivity contribution < 1.29 is 9.47 Å². The summed E-state index contributed by atoms with van der Waals surface area (Å²) in [7, 11) is 1.64. The molecule has 39 heavy (non-hydrogen) atoms. The predicted octanol–water partition coefficient (Wildman–Crippen LogP) is 5.77. The van der Waals surface area contributed by atoms with Gasteiger partial charge in [-0.15, -0.1) is 0 Å². The molecule has 0 unspecified atom stereocenters. The molecule has 2 aliphatic rings. The minimum absolute atomic E-state index is 0.391. The highest BCUT2D eigenvalue weighted by molar-refractivity contribution is 5.91. The largest absolute Gasteiger partial charge is 0.494 e. The zero-order valence-corrected chi connectivity index (χ0v) is 23.0. The summed E-state index contributed by atoms with van der Waals surface area (Å²) in [5, 5.41) is 0. The van der Waals surface area contributed by atoms with Crippen LogP contribution < -0.4 is 14.4 Å². The van der Waals surface area contributed by atoms with Crippen molar-refractivity contribution >= 4 is 17.5 Å². The molecule has 1 aromatic carbocycles. The summed E-state index contributed by atoms with van der Waals surface area (Å²) in [5.41, 5.74) is 8.91. The van der Waals surface area contributed by atoms with Crippen LogP contribution >= 0.6 is 0 Å². The zero-order valence-electron chi connectivity index (χ0n) is 23.0. The van der Waals surface area contributed by atoms with E-state index in [1.807, 2.05) is 25.1 Å². The maximum atomic E-state index is 5.72. The van der Waals surface area contributed by atoms with E-state index in [0.717, 1.165) is 89.1 Å². The Bertz CT molecular complexity index is 1530. The summed E-state index contributed by atoms with van der Waals surface area (Å²) in [6, 6.07) is 10.3. The molecular formula is C31H34N6O2. The third-order valence-corrected chi connectivity index (χ3v) is 7.77. The molecule has 1 aliphatic heterocycles. The number of aromatic amines is 1. The van der Waals surface area contributed by atoms with Gasteiger partial charge in [-0.2, -0.15) is 0 Å². The van der Waals surface area contributed by atoms with Crippen molar-refractivity contribution in [3.05, 3.63) is 76.8 Å². The molecule has 0 radical (unpaired) electrons. The number of H-pyrrole nitrogens is 1. The van der Waals surface area contributed by atoms with Crippen LogP contribution in [0.5, 0.6) is 11.6 Å². The summed E-state index contributed by atoms with van der Waals surface area (Å²) in [6.45, 7) is 8.73. The predicted molar refractivity (Wildman–Crippen MR) is 153 cm³/mol. The minimum Gasteiger partial charge on any atom is -0.494 e. The average molecular weight is 523 g/mol. The Labute approximate surface area is 229 Å². The first kappa shape index (κ1) is 25.1. The van der Waals surface area contributed by atoms with Crippen molar-refractivity contribution in [1.29, 1.82) is 0 Å². The average Bonchev–Trinajstić information content (AvgIpc) is 3.58. The summed E-state index contributed by atoms with van der Waals surface area (Å²) in [5.74, 6) is 4.04. The van der Waals surface area contributed by atoms with Gasteiger partial charge in [-0.3, -0.25) is 0 Å². The van der Waals surface area contributed by atoms with Crippen LogP contribution in [0.2, 0.25) is 0 Å². The van der Waals surface area contributed by atoms with Gasteiger partial charge >= 0.3 is 0 Å². The number of fused-ring (bicyclic) bond motifs is 1. The van der Waals surface area contributed by atoms with E-state index in [1.54, 1.807) is 19.6 Å². The Morgan fingerprint density at radius 3 is 2.64 bits per heavy atom. The highest BCUT2D eigenvalue weighted by Gasteiger charge is 2.28. The van der Waals surface area contributed by atoms with Crippen molar-refractivity contribution in [1.82, 2.24) is 24.9 Å². The molecule has 0 bridgehead atoms. The number of allylic oxidation sites excluding steroid dienone is 1. The molecule has 200 valence electrons. The third kappa shape index (κ3) is 4.87. The molecule has 0 saturated carbocycles. The van der Waals surface area contributed by atoms with Crippen molar-refractivity contribution in [3.8, 4) is 22.9 Å². The quantitative estimate of drug-likeness (QED) is 0.330. The van der Waals surface area contributed by atoms with Gasteiger partial charge in [-0.25, -0.2) is 19.9 Å². The van der Waals surface area contributed by atoms with Gasteiger partial charge in [0.1, 0.15) is 23.7 Å². The van der Waals surface area contributed by atoms with Gasteiger partial charge in [0.25, 0.3) is 0 Å². The molecule has 4 aromatic rings. The van der Waals surface area contributed by atoms with Crippen molar-refractivity contribution in [2.75, 3.05) is 31.7 Å². The van der Waals surface area contributed by atoms with E-state index in [1.165, 1.54) is 5.57 Å². The second-order valence-corrected chi connectivity index (χ2v) is 10.3. The normalized spacial score (nSPS) is 15.3. The van der Waals surface area contributed by atoms with E-state index >= 15 is 0 Å². The molecular weight excluding hydrogens is 488 g/mol. The maximum absolute atomic E-state index is 5.72. The molecule has 0 spiro atoms. The number of aryl methyl sites for hydroxylation is 2. The second kappa shape index (κ2) is 10.5. The summed E-state index contributed by atoms with van der Waals surface area (Å²) in [6.07, 6.45) is 8.54. The summed E-state index contributed by atoms with van der Waals surface area (Å²) in [4.78, 5) is 24.6. The van der Waals surface area contributed by atoms with Crippen LogP contribution in [0.15, 0.2) is 42.9 Å². The van der Waals surface area contributed by atoms with Gasteiger partial charge in [-0.1, -0.05) is 0 Å². The van der Waals surface area contributed by atoms with Gasteiger partial charge in [0, 0.05) is 54.5 Å². The fraction of sp³-hybridized carbons (Fsp3) is 0.355. The van der Waals surface area contributed by atoms with Gasteiger partial charge in [0.15, 0.2) is 0 Å². The summed E-state index contributed by atoms with van der Waals surface area (Å²) < 4.78 is 11.0. The van der Waals surface area contributed by atoms with Crippen LogP contribution in [0.25, 0.3) is 22.9 Å². The molecule has 1 aliphatic carbocycles. The zero-order chi connectivity index (χ0) is 26.9. The lowest BCUT2D eigenvalue weighted by atomic mass is 9.96. The Balaban J connectivity index is 1.17. The number of hydrogen-bond acceptors (Lipinski definition) is 7. The molecule has 1 fully saturated rings. The number of imidazole rings is 1. The lowest BCUT2D eigenvalue weighted by Gasteiger charge is -2.32. The molecule has 3 aromatic heterocycles. The van der Waals surface area contributed by atoms with Crippen LogP contribution in [0, 0.1) is 13.8 Å². The molecule has 4 heterocycles. The van der Waals surface area contributed by atoms with Crippen molar-refractivity contribution in [2.24, 2.45) is 0 Å². The highest BCUT2D eigenvalue weighted by Crippen LogP contribution is 2.38. The first-order valence-electron chi connectivity index (χ1n) is 13.6. The number of piperidine rings is 1. The number of methoxy groups -OCH3 is 1. The monoisotopic (exact) mass is 522 g/mol. The number of nitrogens with zero attached hydrogens (tertiary/aromatic N) is 5. The molecule has 0 amide bonds. The fourth-order valence-electron chi connectivity index (χ4n) is 5.71. The first-order chi connectivity index (χ1) is 19.0. The Hall–Kier alpha value is -4.20. The van der Waals surface area contributed by atoms with E-state index in [2.05, 4.69) is 51.9 Å². The number of nitrogens with one attached hydrogen (secondary N) is 1. The lowest BCUT2D eigenvalue weighted by molar-refractivity contribution is 0.338. The van der Waals surface area contributed by atoms with Gasteiger partial charge in [0.2, 0.25) is 5.88 Å². The number of benzene rings is 1. The number of anilines is 1. The van der Waals surface area contributed by atoms with Gasteiger partial charge < -0.3 is 19.4 Å². The highest BCUT2D eigenvalue weighted by atomic mass is 16.5. The first-order valence-corrected chi connectivity index (χ1v) is 13.6. The van der Waals surface area contributed by atoms with Crippen molar-refractivity contribution in [2.45, 2.75) is 46.0 Å².